The van der Waals surface area contributed by atoms with Crippen LogP contribution in [0.1, 0.15) is 38.2 Å². The van der Waals surface area contributed by atoms with Crippen molar-refractivity contribution in [3.05, 3.63) is 35.7 Å². The smallest absolute Gasteiger partial charge is 0.224 e. The van der Waals surface area contributed by atoms with E-state index in [-0.39, 0.29) is 10.7 Å². The number of hydrogen-bond acceptors (Lipinski definition) is 8. The summed E-state index contributed by atoms with van der Waals surface area (Å²) in [6.45, 7) is 7.54. The number of nitrogens with zero attached hydrogens (tertiary/aromatic N) is 7. The lowest BCUT2D eigenvalue weighted by molar-refractivity contribution is -0.897. The van der Waals surface area contributed by atoms with Gasteiger partial charge in [-0.25, -0.2) is 15.0 Å². The molecule has 2 saturated heterocycles. The lowest BCUT2D eigenvalue weighted by Crippen LogP contribution is -2.51. The number of anilines is 3. The lowest BCUT2D eigenvalue weighted by atomic mass is 9.95. The molecule has 0 radical (unpaired) electrons. The Hall–Kier alpha value is -2.52. The number of fused-ring (bicyclic) bond motifs is 3. The van der Waals surface area contributed by atoms with Crippen LogP contribution in [0, 0.1) is 11.1 Å². The summed E-state index contributed by atoms with van der Waals surface area (Å²) >= 11 is 0. The topological polar surface area (TPSA) is 93.1 Å². The van der Waals surface area contributed by atoms with Crippen molar-refractivity contribution in [2.75, 3.05) is 54.4 Å². The molecule has 2 aromatic rings. The van der Waals surface area contributed by atoms with Gasteiger partial charge in [-0.05, 0) is 32.6 Å². The Balaban J connectivity index is 1.30. The minimum atomic E-state index is -0.156. The summed E-state index contributed by atoms with van der Waals surface area (Å²) in [7, 11) is 0. The monoisotopic (exact) mass is 424 g/mol. The van der Waals surface area contributed by atoms with Crippen molar-refractivity contribution >= 4 is 17.5 Å². The molecule has 2 fully saturated rings. The lowest BCUT2D eigenvalue weighted by Gasteiger charge is -2.47. The van der Waals surface area contributed by atoms with Gasteiger partial charge in [0, 0.05) is 38.3 Å². The highest BCUT2D eigenvalue weighted by Crippen LogP contribution is 2.36. The normalized spacial score (nSPS) is 26.3. The summed E-state index contributed by atoms with van der Waals surface area (Å²) in [6.07, 6.45) is 11.5. The minimum absolute atomic E-state index is 0.156. The molecule has 166 valence electrons. The maximum absolute atomic E-state index is 14.1. The van der Waals surface area contributed by atoms with Crippen molar-refractivity contribution in [1.29, 1.82) is 0 Å². The first kappa shape index (κ1) is 20.4. The van der Waals surface area contributed by atoms with Gasteiger partial charge in [-0.3, -0.25) is 0 Å². The molecular weight excluding hydrogens is 392 g/mol. The third-order valence-electron chi connectivity index (χ3n) is 6.95. The molecule has 3 aliphatic rings. The number of aromatic nitrogens is 4. The quantitative estimate of drug-likeness (QED) is 0.578. The number of nitrogens with one attached hydrogen (secondary N) is 1. The molecule has 5 rings (SSSR count). The highest BCUT2D eigenvalue weighted by atomic mass is 16.5. The maximum Gasteiger partial charge on any atom is 0.224 e. The molecule has 2 aromatic heterocycles. The Labute approximate surface area is 183 Å². The maximum atomic E-state index is 14.1. The van der Waals surface area contributed by atoms with Crippen LogP contribution in [0.3, 0.4) is 0 Å². The van der Waals surface area contributed by atoms with E-state index in [0.717, 1.165) is 68.9 Å². The molecule has 0 aliphatic carbocycles. The summed E-state index contributed by atoms with van der Waals surface area (Å²) in [5, 5.41) is 17.3. The van der Waals surface area contributed by atoms with Crippen LogP contribution in [0.2, 0.25) is 0 Å². The van der Waals surface area contributed by atoms with E-state index in [0.29, 0.717) is 31.5 Å². The molecule has 2 unspecified atom stereocenters. The molecule has 0 saturated carbocycles. The van der Waals surface area contributed by atoms with E-state index in [1.54, 1.807) is 6.33 Å². The number of hydroxylamine groups is 3. The molecule has 0 amide bonds. The van der Waals surface area contributed by atoms with Gasteiger partial charge >= 0.3 is 0 Å². The molecule has 1 N–H and O–H groups in total. The fraction of sp³-hybridized carbons (Fsp3) is 0.636. The van der Waals surface area contributed by atoms with Crippen molar-refractivity contribution in [2.45, 2.75) is 45.2 Å². The molecule has 9 heteroatoms. The summed E-state index contributed by atoms with van der Waals surface area (Å²) in [5.41, 5.74) is 2.07. The van der Waals surface area contributed by atoms with E-state index in [4.69, 9.17) is 4.98 Å². The second kappa shape index (κ2) is 8.55. The molecule has 3 aliphatic heterocycles. The van der Waals surface area contributed by atoms with E-state index in [9.17, 15) is 5.21 Å². The van der Waals surface area contributed by atoms with Gasteiger partial charge in [0.1, 0.15) is 18.7 Å². The first-order chi connectivity index (χ1) is 15.1. The SMILES string of the molecule is CCNc1ncc2c(n1)N1CCCC1C[N+]([O-])(CC1CCN(c3cncnc3)CC1)C2. The average Bonchev–Trinajstić information content (AvgIpc) is 3.19. The summed E-state index contributed by atoms with van der Waals surface area (Å²) in [4.78, 5) is 22.2. The third-order valence-corrected chi connectivity index (χ3v) is 6.95. The van der Waals surface area contributed by atoms with Gasteiger partial charge in [0.2, 0.25) is 5.95 Å². The Morgan fingerprint density at radius 1 is 1.13 bits per heavy atom. The first-order valence-electron chi connectivity index (χ1n) is 11.6. The first-order valence-corrected chi connectivity index (χ1v) is 11.6. The highest BCUT2D eigenvalue weighted by molar-refractivity contribution is 5.51. The largest absolute Gasteiger partial charge is 0.632 e. The Kier molecular flexibility index (Phi) is 5.62. The summed E-state index contributed by atoms with van der Waals surface area (Å²) < 4.78 is -0.156. The van der Waals surface area contributed by atoms with Gasteiger partial charge in [-0.1, -0.05) is 0 Å². The van der Waals surface area contributed by atoms with Crippen LogP contribution < -0.4 is 15.1 Å². The van der Waals surface area contributed by atoms with Crippen molar-refractivity contribution in [3.8, 4) is 0 Å². The Morgan fingerprint density at radius 3 is 2.71 bits per heavy atom. The van der Waals surface area contributed by atoms with Crippen molar-refractivity contribution in [2.24, 2.45) is 5.92 Å². The van der Waals surface area contributed by atoms with Crippen LogP contribution in [0.4, 0.5) is 17.5 Å². The van der Waals surface area contributed by atoms with Crippen LogP contribution in [-0.2, 0) is 6.54 Å². The molecule has 0 bridgehead atoms. The Morgan fingerprint density at radius 2 is 1.94 bits per heavy atom. The van der Waals surface area contributed by atoms with Crippen molar-refractivity contribution in [3.63, 3.8) is 0 Å². The van der Waals surface area contributed by atoms with Gasteiger partial charge in [0.25, 0.3) is 0 Å². The molecule has 5 heterocycles. The zero-order valence-corrected chi connectivity index (χ0v) is 18.3. The van der Waals surface area contributed by atoms with Crippen molar-refractivity contribution in [1.82, 2.24) is 19.9 Å². The summed E-state index contributed by atoms with van der Waals surface area (Å²) in [6, 6.07) is 0.282. The fourth-order valence-corrected chi connectivity index (χ4v) is 5.50. The van der Waals surface area contributed by atoms with Gasteiger partial charge in [-0.2, -0.15) is 4.98 Å². The minimum Gasteiger partial charge on any atom is -0.632 e. The molecule has 9 nitrogen and oxygen atoms in total. The van der Waals surface area contributed by atoms with Crippen molar-refractivity contribution < 1.29 is 4.65 Å². The van der Waals surface area contributed by atoms with Crippen LogP contribution in [-0.4, -0.2) is 69.9 Å². The zero-order chi connectivity index (χ0) is 21.3. The number of hydrogen-bond donors (Lipinski definition) is 1. The van der Waals surface area contributed by atoms with Crippen LogP contribution in [0.5, 0.6) is 0 Å². The predicted octanol–water partition coefficient (Wildman–Crippen LogP) is 2.41. The number of piperidine rings is 1. The van der Waals surface area contributed by atoms with E-state index < -0.39 is 0 Å². The fourth-order valence-electron chi connectivity index (χ4n) is 5.50. The standard InChI is InChI=1S/C22H32N8O/c1-2-25-22-26-10-18-14-30(31,15-19-4-3-7-29(19)21(18)27-22)13-17-5-8-28(9-6-17)20-11-23-16-24-12-20/h10-12,16-17,19H,2-9,13-15H2,1H3,(H,25,26,27). The second-order valence-electron chi connectivity index (χ2n) is 9.17. The van der Waals surface area contributed by atoms with Crippen LogP contribution in [0.15, 0.2) is 24.9 Å². The third kappa shape index (κ3) is 4.29. The van der Waals surface area contributed by atoms with Gasteiger partial charge < -0.3 is 25.0 Å². The second-order valence-corrected chi connectivity index (χ2v) is 9.17. The van der Waals surface area contributed by atoms with E-state index in [2.05, 4.69) is 30.1 Å². The number of rotatable bonds is 5. The summed E-state index contributed by atoms with van der Waals surface area (Å²) in [5.74, 6) is 2.08. The zero-order valence-electron chi connectivity index (χ0n) is 18.3. The molecule has 31 heavy (non-hydrogen) atoms. The molecule has 0 aromatic carbocycles. The molecule has 0 spiro atoms. The van der Waals surface area contributed by atoms with Gasteiger partial charge in [-0.15, -0.1) is 0 Å². The van der Waals surface area contributed by atoms with Crippen LogP contribution >= 0.6 is 0 Å². The highest BCUT2D eigenvalue weighted by Gasteiger charge is 2.39. The van der Waals surface area contributed by atoms with Crippen LogP contribution in [0.25, 0.3) is 0 Å². The van der Waals surface area contributed by atoms with E-state index in [1.807, 2.05) is 25.5 Å². The predicted molar refractivity (Wildman–Crippen MR) is 121 cm³/mol. The van der Waals surface area contributed by atoms with E-state index >= 15 is 0 Å². The molecular formula is C22H32N8O. The average molecular weight is 425 g/mol. The van der Waals surface area contributed by atoms with Gasteiger partial charge in [0.15, 0.2) is 0 Å². The number of quaternary nitrogens is 1. The Bertz CT molecular complexity index is 888. The molecule has 2 atom stereocenters. The van der Waals surface area contributed by atoms with E-state index in [1.165, 1.54) is 0 Å². The van der Waals surface area contributed by atoms with Gasteiger partial charge in [0.05, 0.1) is 42.8 Å².